The number of carbonyl (C=O) groups excluding carboxylic acids is 3. The zero-order valence-electron chi connectivity index (χ0n) is 16.7. The van der Waals surface area contributed by atoms with Crippen LogP contribution in [0.15, 0.2) is 48.5 Å². The van der Waals surface area contributed by atoms with Crippen molar-refractivity contribution in [3.63, 3.8) is 0 Å². The molecule has 0 unspecified atom stereocenters. The van der Waals surface area contributed by atoms with Gasteiger partial charge in [-0.05, 0) is 29.7 Å². The van der Waals surface area contributed by atoms with Gasteiger partial charge in [-0.15, -0.1) is 0 Å². The van der Waals surface area contributed by atoms with Gasteiger partial charge in [-0.25, -0.2) is 4.79 Å². The highest BCUT2D eigenvalue weighted by molar-refractivity contribution is 6.01. The van der Waals surface area contributed by atoms with Crippen LogP contribution < -0.4 is 10.2 Å². The maximum Gasteiger partial charge on any atom is 0.339 e. The van der Waals surface area contributed by atoms with Crippen LogP contribution in [0.1, 0.15) is 49.0 Å². The Labute approximate surface area is 165 Å². The Hall–Kier alpha value is -3.15. The Morgan fingerprint density at radius 2 is 1.68 bits per heavy atom. The van der Waals surface area contributed by atoms with Gasteiger partial charge in [0.1, 0.15) is 0 Å². The summed E-state index contributed by atoms with van der Waals surface area (Å²) >= 11 is 0. The highest BCUT2D eigenvalue weighted by atomic mass is 16.5. The van der Waals surface area contributed by atoms with Crippen molar-refractivity contribution < 1.29 is 19.1 Å². The van der Waals surface area contributed by atoms with Gasteiger partial charge in [0.25, 0.3) is 0 Å². The minimum absolute atomic E-state index is 0.0987. The van der Waals surface area contributed by atoms with E-state index in [2.05, 4.69) is 19.2 Å². The summed E-state index contributed by atoms with van der Waals surface area (Å²) in [5.41, 5.74) is 2.53. The van der Waals surface area contributed by atoms with Crippen LogP contribution in [0.2, 0.25) is 0 Å². The molecule has 0 fully saturated rings. The van der Waals surface area contributed by atoms with E-state index in [1.807, 2.05) is 24.3 Å². The first-order valence-electron chi connectivity index (χ1n) is 9.19. The van der Waals surface area contributed by atoms with Gasteiger partial charge < -0.3 is 15.0 Å². The number of anilines is 2. The van der Waals surface area contributed by atoms with E-state index in [-0.39, 0.29) is 36.3 Å². The van der Waals surface area contributed by atoms with Gasteiger partial charge in [0, 0.05) is 25.6 Å². The summed E-state index contributed by atoms with van der Waals surface area (Å²) in [6.45, 7) is 5.86. The maximum absolute atomic E-state index is 12.5. The molecule has 0 aliphatic carbocycles. The molecule has 0 heterocycles. The van der Waals surface area contributed by atoms with Crippen molar-refractivity contribution in [1.29, 1.82) is 0 Å². The molecular weight excluding hydrogens is 356 g/mol. The molecule has 6 heteroatoms. The molecular formula is C22H26N2O4. The zero-order valence-corrected chi connectivity index (χ0v) is 16.7. The number of carbonyl (C=O) groups is 3. The minimum Gasteiger partial charge on any atom is -0.465 e. The number of hydrogen-bond acceptors (Lipinski definition) is 4. The molecule has 1 N–H and O–H groups in total. The second-order valence-electron chi connectivity index (χ2n) is 6.72. The molecule has 28 heavy (non-hydrogen) atoms. The predicted octanol–water partition coefficient (Wildman–Crippen LogP) is 3.98. The summed E-state index contributed by atoms with van der Waals surface area (Å²) in [4.78, 5) is 38.1. The van der Waals surface area contributed by atoms with E-state index in [0.717, 1.165) is 11.3 Å². The van der Waals surface area contributed by atoms with Gasteiger partial charge in [0.2, 0.25) is 11.8 Å². The van der Waals surface area contributed by atoms with Crippen LogP contribution in [-0.4, -0.2) is 31.4 Å². The number of amides is 2. The van der Waals surface area contributed by atoms with Gasteiger partial charge in [0.15, 0.2) is 0 Å². The van der Waals surface area contributed by atoms with Crippen LogP contribution >= 0.6 is 0 Å². The van der Waals surface area contributed by atoms with Crippen molar-refractivity contribution in [1.82, 2.24) is 0 Å². The molecule has 2 aromatic carbocycles. The third-order valence-electron chi connectivity index (χ3n) is 4.40. The van der Waals surface area contributed by atoms with Crippen molar-refractivity contribution >= 4 is 29.2 Å². The molecule has 0 atom stereocenters. The van der Waals surface area contributed by atoms with Gasteiger partial charge >= 0.3 is 5.97 Å². The second kappa shape index (κ2) is 9.69. The topological polar surface area (TPSA) is 75.7 Å². The van der Waals surface area contributed by atoms with Crippen LogP contribution in [0.3, 0.4) is 0 Å². The first-order valence-corrected chi connectivity index (χ1v) is 9.19. The third kappa shape index (κ3) is 5.19. The Kier molecular flexibility index (Phi) is 7.32. The molecule has 0 spiro atoms. The molecule has 6 nitrogen and oxygen atoms in total. The van der Waals surface area contributed by atoms with Crippen LogP contribution in [0.4, 0.5) is 11.4 Å². The largest absolute Gasteiger partial charge is 0.465 e. The van der Waals surface area contributed by atoms with Gasteiger partial charge in [-0.3, -0.25) is 9.59 Å². The smallest absolute Gasteiger partial charge is 0.339 e. The molecule has 2 amide bonds. The van der Waals surface area contributed by atoms with Crippen molar-refractivity contribution in [3.05, 3.63) is 59.7 Å². The first kappa shape index (κ1) is 21.2. The SMILES string of the molecule is COC(=O)c1ccccc1NC(=O)CCN(C(C)=O)c1ccccc1C(C)C. The molecule has 0 aliphatic rings. The Bertz CT molecular complexity index is 861. The summed E-state index contributed by atoms with van der Waals surface area (Å²) in [5.74, 6) is -0.688. The fraction of sp³-hybridized carbons (Fsp3) is 0.318. The first-order chi connectivity index (χ1) is 13.3. The number of benzene rings is 2. The normalized spacial score (nSPS) is 10.5. The third-order valence-corrected chi connectivity index (χ3v) is 4.40. The number of nitrogens with one attached hydrogen (secondary N) is 1. The Balaban J connectivity index is 2.13. The molecule has 0 bridgehead atoms. The maximum atomic E-state index is 12.5. The molecule has 0 aliphatic heterocycles. The molecule has 0 saturated heterocycles. The lowest BCUT2D eigenvalue weighted by molar-refractivity contribution is -0.117. The van der Waals surface area contributed by atoms with Crippen LogP contribution in [-0.2, 0) is 14.3 Å². The molecule has 2 aromatic rings. The number of para-hydroxylation sites is 2. The van der Waals surface area contributed by atoms with Crippen molar-refractivity contribution in [2.75, 3.05) is 23.9 Å². The number of methoxy groups -OCH3 is 1. The average Bonchev–Trinajstić information content (AvgIpc) is 2.68. The summed E-state index contributed by atoms with van der Waals surface area (Å²) in [5, 5.41) is 2.73. The van der Waals surface area contributed by atoms with E-state index in [1.54, 1.807) is 29.2 Å². The van der Waals surface area contributed by atoms with E-state index in [9.17, 15) is 14.4 Å². The number of nitrogens with zero attached hydrogens (tertiary/aromatic N) is 1. The Morgan fingerprint density at radius 3 is 2.32 bits per heavy atom. The van der Waals surface area contributed by atoms with Crippen LogP contribution in [0.5, 0.6) is 0 Å². The molecule has 148 valence electrons. The van der Waals surface area contributed by atoms with E-state index in [0.29, 0.717) is 5.69 Å². The van der Waals surface area contributed by atoms with E-state index >= 15 is 0 Å². The lowest BCUT2D eigenvalue weighted by Crippen LogP contribution is -2.33. The monoisotopic (exact) mass is 382 g/mol. The lowest BCUT2D eigenvalue weighted by Gasteiger charge is -2.25. The molecule has 0 saturated carbocycles. The van der Waals surface area contributed by atoms with E-state index in [1.165, 1.54) is 14.0 Å². The quantitative estimate of drug-likeness (QED) is 0.735. The van der Waals surface area contributed by atoms with Crippen molar-refractivity contribution in [2.24, 2.45) is 0 Å². The summed E-state index contributed by atoms with van der Waals surface area (Å²) in [6, 6.07) is 14.3. The Morgan fingerprint density at radius 1 is 1.04 bits per heavy atom. The summed E-state index contributed by atoms with van der Waals surface area (Å²) in [6.07, 6.45) is 0.0987. The molecule has 0 aromatic heterocycles. The van der Waals surface area contributed by atoms with Crippen LogP contribution in [0, 0.1) is 0 Å². The summed E-state index contributed by atoms with van der Waals surface area (Å²) < 4.78 is 4.74. The highest BCUT2D eigenvalue weighted by Crippen LogP contribution is 2.27. The predicted molar refractivity (Wildman–Crippen MR) is 110 cm³/mol. The fourth-order valence-electron chi connectivity index (χ4n) is 2.98. The van der Waals surface area contributed by atoms with Crippen molar-refractivity contribution in [2.45, 2.75) is 33.1 Å². The fourth-order valence-corrected chi connectivity index (χ4v) is 2.98. The number of rotatable bonds is 7. The number of esters is 1. The van der Waals surface area contributed by atoms with Crippen LogP contribution in [0.25, 0.3) is 0 Å². The van der Waals surface area contributed by atoms with Crippen molar-refractivity contribution in [3.8, 4) is 0 Å². The average molecular weight is 382 g/mol. The summed E-state index contributed by atoms with van der Waals surface area (Å²) in [7, 11) is 1.29. The molecule has 0 radical (unpaired) electrons. The van der Waals surface area contributed by atoms with Gasteiger partial charge in [0.05, 0.1) is 18.4 Å². The minimum atomic E-state index is -0.521. The second-order valence-corrected chi connectivity index (χ2v) is 6.72. The standard InChI is InChI=1S/C22H26N2O4/c1-15(2)17-9-6-8-12-20(17)24(16(3)25)14-13-21(26)23-19-11-7-5-10-18(19)22(27)28-4/h5-12,15H,13-14H2,1-4H3,(H,23,26). The zero-order chi connectivity index (χ0) is 20.7. The number of hydrogen-bond donors (Lipinski definition) is 1. The highest BCUT2D eigenvalue weighted by Gasteiger charge is 2.19. The van der Waals surface area contributed by atoms with Gasteiger partial charge in [-0.1, -0.05) is 44.2 Å². The van der Waals surface area contributed by atoms with E-state index < -0.39 is 5.97 Å². The number of ether oxygens (including phenoxy) is 1. The lowest BCUT2D eigenvalue weighted by atomic mass is 10.0. The molecule has 2 rings (SSSR count). The van der Waals surface area contributed by atoms with E-state index in [4.69, 9.17) is 4.74 Å². The van der Waals surface area contributed by atoms with Gasteiger partial charge in [-0.2, -0.15) is 0 Å².